The Morgan fingerprint density at radius 2 is 1.80 bits per heavy atom. The van der Waals surface area contributed by atoms with E-state index in [0.29, 0.717) is 41.1 Å². The first-order valence-electron chi connectivity index (χ1n) is 8.23. The van der Waals surface area contributed by atoms with Crippen molar-refractivity contribution in [2.45, 2.75) is 33.1 Å². The van der Waals surface area contributed by atoms with Crippen molar-refractivity contribution >= 4 is 23.1 Å². The van der Waals surface area contributed by atoms with Crippen molar-refractivity contribution < 1.29 is 15.0 Å². The molecule has 0 amide bonds. The summed E-state index contributed by atoms with van der Waals surface area (Å²) in [6.45, 7) is 3.63. The van der Waals surface area contributed by atoms with Gasteiger partial charge in [0.25, 0.3) is 0 Å². The third-order valence-corrected chi connectivity index (χ3v) is 4.35. The lowest BCUT2D eigenvalue weighted by molar-refractivity contribution is -0.117. The van der Waals surface area contributed by atoms with Crippen LogP contribution in [0.5, 0.6) is 11.5 Å². The molecule has 0 spiro atoms. The molecule has 0 fully saturated rings. The Kier molecular flexibility index (Phi) is 6.59. The minimum Gasteiger partial charge on any atom is -0.508 e. The molecule has 0 aliphatic rings. The summed E-state index contributed by atoms with van der Waals surface area (Å²) in [6.07, 6.45) is 1.64. The van der Waals surface area contributed by atoms with Crippen LogP contribution in [-0.2, 0) is 11.2 Å². The van der Waals surface area contributed by atoms with E-state index in [1.165, 1.54) is 6.07 Å². The lowest BCUT2D eigenvalue weighted by Gasteiger charge is -2.10. The van der Waals surface area contributed by atoms with Gasteiger partial charge in [0.2, 0.25) is 0 Å². The zero-order valence-electron chi connectivity index (χ0n) is 14.4. The summed E-state index contributed by atoms with van der Waals surface area (Å²) < 4.78 is 0. The van der Waals surface area contributed by atoms with Gasteiger partial charge in [0.15, 0.2) is 5.78 Å². The second kappa shape index (κ2) is 8.67. The lowest BCUT2D eigenvalue weighted by atomic mass is 10.0. The summed E-state index contributed by atoms with van der Waals surface area (Å²) in [5.41, 5.74) is 2.68. The molecule has 2 N–H and O–H groups in total. The standard InChI is InChI=1S/C20H22ClNO3/c1-3-18(17-10-11-19(24)13(2)20(17)25)22-12-16(23)9-6-14-4-7-15(21)8-5-14/h4-5,7-8,10-11,24-25H,3,6,9,12H2,1-2H3. The summed E-state index contributed by atoms with van der Waals surface area (Å²) in [6, 6.07) is 10.6. The van der Waals surface area contributed by atoms with Crippen LogP contribution in [0.25, 0.3) is 0 Å². The maximum atomic E-state index is 12.1. The summed E-state index contributed by atoms with van der Waals surface area (Å²) in [7, 11) is 0. The number of carbonyl (C=O) groups is 1. The Balaban J connectivity index is 2.01. The van der Waals surface area contributed by atoms with Gasteiger partial charge in [0, 0.05) is 28.3 Å². The van der Waals surface area contributed by atoms with E-state index >= 15 is 0 Å². The van der Waals surface area contributed by atoms with Gasteiger partial charge in [0.1, 0.15) is 11.5 Å². The third kappa shape index (κ3) is 5.07. The van der Waals surface area contributed by atoms with Crippen LogP contribution in [0, 0.1) is 6.92 Å². The minimum atomic E-state index is 0.00853. The molecular weight excluding hydrogens is 338 g/mol. The SMILES string of the molecule is CCC(=NCC(=O)CCc1ccc(Cl)cc1)c1ccc(O)c(C)c1O. The first-order chi connectivity index (χ1) is 11.9. The maximum Gasteiger partial charge on any atom is 0.154 e. The summed E-state index contributed by atoms with van der Waals surface area (Å²) in [4.78, 5) is 16.5. The molecule has 0 radical (unpaired) electrons. The normalized spacial score (nSPS) is 11.6. The van der Waals surface area contributed by atoms with E-state index in [9.17, 15) is 15.0 Å². The predicted octanol–water partition coefficient (Wildman–Crippen LogP) is 4.46. The molecule has 0 saturated heterocycles. The van der Waals surface area contributed by atoms with Gasteiger partial charge >= 0.3 is 0 Å². The number of aromatic hydroxyl groups is 2. The molecule has 0 bridgehead atoms. The number of ketones is 1. The molecule has 0 aromatic heterocycles. The molecule has 2 aromatic rings. The number of phenols is 2. The first-order valence-corrected chi connectivity index (χ1v) is 8.61. The topological polar surface area (TPSA) is 69.9 Å². The smallest absolute Gasteiger partial charge is 0.154 e. The Hall–Kier alpha value is -2.33. The Bertz CT molecular complexity index is 782. The highest BCUT2D eigenvalue weighted by atomic mass is 35.5. The Morgan fingerprint density at radius 3 is 2.44 bits per heavy atom. The van der Waals surface area contributed by atoms with Crippen LogP contribution in [0.15, 0.2) is 41.4 Å². The van der Waals surface area contributed by atoms with Crippen LogP contribution < -0.4 is 0 Å². The molecule has 0 atom stereocenters. The van der Waals surface area contributed by atoms with Gasteiger partial charge < -0.3 is 10.2 Å². The number of phenolic OH excluding ortho intramolecular Hbond substituents is 2. The second-order valence-electron chi connectivity index (χ2n) is 5.89. The van der Waals surface area contributed by atoms with Crippen molar-refractivity contribution in [2.75, 3.05) is 6.54 Å². The Labute approximate surface area is 152 Å². The average Bonchev–Trinajstić information content (AvgIpc) is 2.61. The number of benzene rings is 2. The number of rotatable bonds is 7. The molecular formula is C20H22ClNO3. The van der Waals surface area contributed by atoms with Crippen molar-refractivity contribution in [3.05, 3.63) is 58.1 Å². The fourth-order valence-corrected chi connectivity index (χ4v) is 2.63. The minimum absolute atomic E-state index is 0.00853. The van der Waals surface area contributed by atoms with E-state index in [1.54, 1.807) is 13.0 Å². The average molecular weight is 360 g/mol. The highest BCUT2D eigenvalue weighted by Crippen LogP contribution is 2.30. The van der Waals surface area contributed by atoms with Gasteiger partial charge in [-0.3, -0.25) is 9.79 Å². The van der Waals surface area contributed by atoms with E-state index in [1.807, 2.05) is 31.2 Å². The summed E-state index contributed by atoms with van der Waals surface area (Å²) in [5, 5.41) is 20.5. The zero-order valence-corrected chi connectivity index (χ0v) is 15.2. The lowest BCUT2D eigenvalue weighted by Crippen LogP contribution is -2.08. The highest BCUT2D eigenvalue weighted by molar-refractivity contribution is 6.30. The molecule has 0 aliphatic heterocycles. The van der Waals surface area contributed by atoms with Crippen LogP contribution in [0.4, 0.5) is 0 Å². The predicted molar refractivity (Wildman–Crippen MR) is 101 cm³/mol. The number of hydrogen-bond acceptors (Lipinski definition) is 4. The van der Waals surface area contributed by atoms with Crippen LogP contribution >= 0.6 is 11.6 Å². The van der Waals surface area contributed by atoms with Gasteiger partial charge in [0.05, 0.1) is 6.54 Å². The van der Waals surface area contributed by atoms with Gasteiger partial charge in [-0.15, -0.1) is 0 Å². The number of carbonyl (C=O) groups excluding carboxylic acids is 1. The quantitative estimate of drug-likeness (QED) is 0.717. The van der Waals surface area contributed by atoms with Crippen LogP contribution in [0.2, 0.25) is 5.02 Å². The molecule has 5 heteroatoms. The Morgan fingerprint density at radius 1 is 1.12 bits per heavy atom. The highest BCUT2D eigenvalue weighted by Gasteiger charge is 2.13. The van der Waals surface area contributed by atoms with Gasteiger partial charge in [-0.2, -0.15) is 0 Å². The van der Waals surface area contributed by atoms with Crippen molar-refractivity contribution in [1.29, 1.82) is 0 Å². The molecule has 0 heterocycles. The van der Waals surface area contributed by atoms with Crippen LogP contribution in [0.1, 0.15) is 36.5 Å². The van der Waals surface area contributed by atoms with Crippen LogP contribution in [-0.4, -0.2) is 28.3 Å². The van der Waals surface area contributed by atoms with E-state index in [0.717, 1.165) is 5.56 Å². The number of aliphatic imine (C=N–C) groups is 1. The summed E-state index contributed by atoms with van der Waals surface area (Å²) in [5.74, 6) is 0.0841. The van der Waals surface area contributed by atoms with Crippen molar-refractivity contribution in [2.24, 2.45) is 4.99 Å². The molecule has 25 heavy (non-hydrogen) atoms. The van der Waals surface area contributed by atoms with Crippen molar-refractivity contribution in [1.82, 2.24) is 0 Å². The number of hydrogen-bond donors (Lipinski definition) is 2. The van der Waals surface area contributed by atoms with Gasteiger partial charge in [-0.05, 0) is 49.6 Å². The summed E-state index contributed by atoms with van der Waals surface area (Å²) >= 11 is 5.85. The fraction of sp³-hybridized carbons (Fsp3) is 0.300. The number of nitrogens with zero attached hydrogens (tertiary/aromatic N) is 1. The molecule has 4 nitrogen and oxygen atoms in total. The fourth-order valence-electron chi connectivity index (χ4n) is 2.51. The zero-order chi connectivity index (χ0) is 18.4. The van der Waals surface area contributed by atoms with Crippen molar-refractivity contribution in [3.8, 4) is 11.5 Å². The van der Waals surface area contributed by atoms with E-state index in [4.69, 9.17) is 11.6 Å². The number of Topliss-reactive ketones (excluding diaryl/α,β-unsaturated/α-hetero) is 1. The van der Waals surface area contributed by atoms with Crippen molar-refractivity contribution in [3.63, 3.8) is 0 Å². The first kappa shape index (κ1) is 19.0. The molecule has 132 valence electrons. The molecule has 0 saturated carbocycles. The molecule has 2 rings (SSSR count). The van der Waals surface area contributed by atoms with E-state index < -0.39 is 0 Å². The number of halogens is 1. The molecule has 0 unspecified atom stereocenters. The monoisotopic (exact) mass is 359 g/mol. The molecule has 0 aliphatic carbocycles. The van der Waals surface area contributed by atoms with E-state index in [2.05, 4.69) is 4.99 Å². The van der Waals surface area contributed by atoms with E-state index in [-0.39, 0.29) is 23.8 Å². The largest absolute Gasteiger partial charge is 0.508 e. The molecule has 2 aromatic carbocycles. The van der Waals surface area contributed by atoms with Gasteiger partial charge in [-0.25, -0.2) is 0 Å². The third-order valence-electron chi connectivity index (χ3n) is 4.10. The maximum absolute atomic E-state index is 12.1. The second-order valence-corrected chi connectivity index (χ2v) is 6.32. The van der Waals surface area contributed by atoms with Gasteiger partial charge in [-0.1, -0.05) is 30.7 Å². The number of aryl methyl sites for hydroxylation is 1. The van der Waals surface area contributed by atoms with Crippen LogP contribution in [0.3, 0.4) is 0 Å².